The normalized spacial score (nSPS) is 15.1. The van der Waals surface area contributed by atoms with Crippen molar-refractivity contribution in [3.8, 4) is 0 Å². The van der Waals surface area contributed by atoms with E-state index in [1.165, 1.54) is 4.90 Å². The number of nitrogens with one attached hydrogen (secondary N) is 1. The van der Waals surface area contributed by atoms with Crippen LogP contribution in [0.1, 0.15) is 59.1 Å². The summed E-state index contributed by atoms with van der Waals surface area (Å²) in [5.74, 6) is 0.0541. The van der Waals surface area contributed by atoms with Gasteiger partial charge in [-0.2, -0.15) is 0 Å². The van der Waals surface area contributed by atoms with E-state index in [2.05, 4.69) is 14.9 Å². The molecule has 0 spiro atoms. The lowest BCUT2D eigenvalue weighted by Gasteiger charge is -2.31. The number of nitrogens with zero attached hydrogens (tertiary/aromatic N) is 3. The maximum Gasteiger partial charge on any atom is 0.276 e. The molecule has 7 nitrogen and oxygen atoms in total. The minimum atomic E-state index is -0.800. The Kier molecular flexibility index (Phi) is 6.23. The van der Waals surface area contributed by atoms with Crippen LogP contribution in [0, 0.1) is 6.92 Å². The van der Waals surface area contributed by atoms with Gasteiger partial charge in [0.25, 0.3) is 5.91 Å². The first-order valence-corrected chi connectivity index (χ1v) is 10.9. The zero-order chi connectivity index (χ0) is 20.9. The summed E-state index contributed by atoms with van der Waals surface area (Å²) in [6.45, 7) is 2.14. The van der Waals surface area contributed by atoms with E-state index in [4.69, 9.17) is 4.42 Å². The Bertz CT molecular complexity index is 965. The molecule has 1 N–H and O–H groups in total. The molecule has 0 aliphatic heterocycles. The van der Waals surface area contributed by atoms with Crippen molar-refractivity contribution >= 4 is 23.3 Å². The van der Waals surface area contributed by atoms with Crippen molar-refractivity contribution in [2.24, 2.45) is 0 Å². The zero-order valence-corrected chi connectivity index (χ0v) is 17.6. The first kappa shape index (κ1) is 20.3. The van der Waals surface area contributed by atoms with Crippen molar-refractivity contribution in [1.29, 1.82) is 0 Å². The van der Waals surface area contributed by atoms with Crippen molar-refractivity contribution in [3.63, 3.8) is 0 Å². The van der Waals surface area contributed by atoms with Crippen LogP contribution in [-0.2, 0) is 11.3 Å². The second-order valence-electron chi connectivity index (χ2n) is 7.61. The van der Waals surface area contributed by atoms with Crippen molar-refractivity contribution < 1.29 is 14.0 Å². The topological polar surface area (TPSA) is 88.3 Å². The summed E-state index contributed by atoms with van der Waals surface area (Å²) >= 11 is 1.10. The predicted octanol–water partition coefficient (Wildman–Crippen LogP) is 3.88. The average Bonchev–Trinajstić information content (AvgIpc) is 3.52. The number of furan rings is 1. The molecular weight excluding hydrogens is 400 g/mol. The number of aryl methyl sites for hydroxylation is 1. The highest BCUT2D eigenvalue weighted by atomic mass is 32.1. The SMILES string of the molecule is Cc1ccc(C(C(=O)NC2CCCC2)N(Cc2ccco2)C(=O)c2csnn2)cc1. The smallest absolute Gasteiger partial charge is 0.276 e. The predicted molar refractivity (Wildman–Crippen MR) is 113 cm³/mol. The van der Waals surface area contributed by atoms with Gasteiger partial charge in [-0.15, -0.1) is 5.10 Å². The molecule has 1 saturated carbocycles. The van der Waals surface area contributed by atoms with Gasteiger partial charge in [-0.3, -0.25) is 9.59 Å². The summed E-state index contributed by atoms with van der Waals surface area (Å²) in [5, 5.41) is 8.69. The molecule has 1 aliphatic rings. The molecule has 4 rings (SSSR count). The minimum Gasteiger partial charge on any atom is -0.467 e. The van der Waals surface area contributed by atoms with Crippen LogP contribution in [-0.4, -0.2) is 32.3 Å². The van der Waals surface area contributed by atoms with E-state index in [1.54, 1.807) is 23.8 Å². The van der Waals surface area contributed by atoms with E-state index >= 15 is 0 Å². The molecule has 0 radical (unpaired) electrons. The molecule has 2 aromatic heterocycles. The Morgan fingerprint density at radius 2 is 2.00 bits per heavy atom. The first-order valence-electron chi connectivity index (χ1n) is 10.1. The molecule has 156 valence electrons. The quantitative estimate of drug-likeness (QED) is 0.622. The van der Waals surface area contributed by atoms with Gasteiger partial charge >= 0.3 is 0 Å². The Morgan fingerprint density at radius 3 is 2.63 bits per heavy atom. The fourth-order valence-corrected chi connectivity index (χ4v) is 4.26. The largest absolute Gasteiger partial charge is 0.467 e. The second-order valence-corrected chi connectivity index (χ2v) is 8.22. The number of hydrogen-bond donors (Lipinski definition) is 1. The number of rotatable bonds is 7. The van der Waals surface area contributed by atoms with Crippen LogP contribution in [0.5, 0.6) is 0 Å². The third kappa shape index (κ3) is 4.59. The van der Waals surface area contributed by atoms with Crippen LogP contribution < -0.4 is 5.32 Å². The highest BCUT2D eigenvalue weighted by molar-refractivity contribution is 7.03. The Labute approximate surface area is 179 Å². The summed E-state index contributed by atoms with van der Waals surface area (Å²) < 4.78 is 9.31. The molecule has 2 heterocycles. The molecular formula is C22H24N4O3S. The molecule has 1 aromatic carbocycles. The lowest BCUT2D eigenvalue weighted by Crippen LogP contribution is -2.46. The van der Waals surface area contributed by atoms with Crippen LogP contribution in [0.3, 0.4) is 0 Å². The maximum atomic E-state index is 13.5. The molecule has 1 unspecified atom stereocenters. The van der Waals surface area contributed by atoms with Gasteiger partial charge in [0.15, 0.2) is 5.69 Å². The van der Waals surface area contributed by atoms with Crippen molar-refractivity contribution in [3.05, 3.63) is 70.6 Å². The van der Waals surface area contributed by atoms with E-state index < -0.39 is 6.04 Å². The first-order chi connectivity index (χ1) is 14.6. The lowest BCUT2D eigenvalue weighted by atomic mass is 10.0. The fourth-order valence-electron chi connectivity index (χ4n) is 3.83. The molecule has 1 aliphatic carbocycles. The van der Waals surface area contributed by atoms with Gasteiger partial charge in [-0.25, -0.2) is 0 Å². The number of amides is 2. The van der Waals surface area contributed by atoms with Gasteiger partial charge in [-0.1, -0.05) is 47.2 Å². The molecule has 1 atom stereocenters. The average molecular weight is 425 g/mol. The van der Waals surface area contributed by atoms with Crippen molar-refractivity contribution in [2.75, 3.05) is 0 Å². The van der Waals surface area contributed by atoms with E-state index in [0.29, 0.717) is 5.76 Å². The van der Waals surface area contributed by atoms with Crippen LogP contribution in [0.25, 0.3) is 0 Å². The highest BCUT2D eigenvalue weighted by Gasteiger charge is 2.35. The maximum absolute atomic E-state index is 13.5. The zero-order valence-electron chi connectivity index (χ0n) is 16.8. The summed E-state index contributed by atoms with van der Waals surface area (Å²) in [7, 11) is 0. The van der Waals surface area contributed by atoms with E-state index in [0.717, 1.165) is 48.3 Å². The highest BCUT2D eigenvalue weighted by Crippen LogP contribution is 2.27. The van der Waals surface area contributed by atoms with Gasteiger partial charge in [0, 0.05) is 11.4 Å². The third-order valence-corrected chi connectivity index (χ3v) is 5.91. The molecule has 8 heteroatoms. The fraction of sp³-hybridized carbons (Fsp3) is 0.364. The Hall–Kier alpha value is -3.00. The summed E-state index contributed by atoms with van der Waals surface area (Å²) in [6.07, 6.45) is 5.71. The minimum absolute atomic E-state index is 0.145. The Morgan fingerprint density at radius 1 is 1.23 bits per heavy atom. The van der Waals surface area contributed by atoms with Crippen LogP contribution in [0.15, 0.2) is 52.5 Å². The number of aromatic nitrogens is 2. The number of hydrogen-bond acceptors (Lipinski definition) is 6. The summed E-state index contributed by atoms with van der Waals surface area (Å²) in [6, 6.07) is 10.6. The van der Waals surface area contributed by atoms with E-state index in [9.17, 15) is 9.59 Å². The molecule has 1 fully saturated rings. The van der Waals surface area contributed by atoms with Crippen LogP contribution in [0.4, 0.5) is 0 Å². The van der Waals surface area contributed by atoms with E-state index in [1.807, 2.05) is 31.2 Å². The molecule has 2 amide bonds. The Balaban J connectivity index is 1.71. The van der Waals surface area contributed by atoms with Crippen LogP contribution >= 0.6 is 11.5 Å². The number of carbonyl (C=O) groups is 2. The molecule has 3 aromatic rings. The van der Waals surface area contributed by atoms with Crippen molar-refractivity contribution in [2.45, 2.75) is 51.2 Å². The monoisotopic (exact) mass is 424 g/mol. The standard InChI is InChI=1S/C22H24N4O3S/c1-15-8-10-16(11-9-15)20(21(27)23-17-5-2-3-6-17)26(13-18-7-4-12-29-18)22(28)19-14-30-25-24-19/h4,7-12,14,17,20H,2-3,5-6,13H2,1H3,(H,23,27). The van der Waals surface area contributed by atoms with Crippen molar-refractivity contribution in [1.82, 2.24) is 19.8 Å². The third-order valence-electron chi connectivity index (χ3n) is 5.40. The number of benzene rings is 1. The number of carbonyl (C=O) groups excluding carboxylic acids is 2. The molecule has 0 saturated heterocycles. The van der Waals surface area contributed by atoms with Gasteiger partial charge in [0.2, 0.25) is 5.91 Å². The van der Waals surface area contributed by atoms with E-state index in [-0.39, 0.29) is 30.1 Å². The van der Waals surface area contributed by atoms with Gasteiger partial charge in [0.1, 0.15) is 11.8 Å². The molecule has 0 bridgehead atoms. The lowest BCUT2D eigenvalue weighted by molar-refractivity contribution is -0.126. The van der Waals surface area contributed by atoms with Gasteiger partial charge in [0.05, 0.1) is 12.8 Å². The van der Waals surface area contributed by atoms with Gasteiger partial charge in [-0.05, 0) is 49.0 Å². The summed E-state index contributed by atoms with van der Waals surface area (Å²) in [5.41, 5.74) is 2.05. The van der Waals surface area contributed by atoms with Crippen LogP contribution in [0.2, 0.25) is 0 Å². The summed E-state index contributed by atoms with van der Waals surface area (Å²) in [4.78, 5) is 28.3. The second kappa shape index (κ2) is 9.21. The molecule has 30 heavy (non-hydrogen) atoms. The van der Waals surface area contributed by atoms with Gasteiger partial charge < -0.3 is 14.6 Å².